The highest BCUT2D eigenvalue weighted by molar-refractivity contribution is 8.02. The molecule has 85 heavy (non-hydrogen) atoms. The van der Waals surface area contributed by atoms with Gasteiger partial charge in [-0.2, -0.15) is 0 Å². The van der Waals surface area contributed by atoms with Crippen LogP contribution in [0.2, 0.25) is 0 Å². The van der Waals surface area contributed by atoms with Crippen molar-refractivity contribution >= 4 is 98.0 Å². The van der Waals surface area contributed by atoms with E-state index in [4.69, 9.17) is 14.6 Å². The second-order valence-electron chi connectivity index (χ2n) is 19.3. The van der Waals surface area contributed by atoms with E-state index in [0.717, 1.165) is 80.3 Å². The maximum absolute atomic E-state index is 12.3. The van der Waals surface area contributed by atoms with Crippen LogP contribution in [-0.4, -0.2) is 109 Å². The fourth-order valence-electron chi connectivity index (χ4n) is 9.32. The molecule has 11 aromatic rings. The number of oxazole rings is 1. The van der Waals surface area contributed by atoms with Crippen molar-refractivity contribution in [1.82, 2.24) is 39.7 Å². The highest BCUT2D eigenvalue weighted by Gasteiger charge is 2.43. The first-order valence-corrected chi connectivity index (χ1v) is 30.1. The Morgan fingerprint density at radius 3 is 2.08 bits per heavy atom. The number of benzene rings is 7. The topological polar surface area (TPSA) is 250 Å². The number of amides is 2. The third kappa shape index (κ3) is 16.3. The lowest BCUT2D eigenvalue weighted by Crippen LogP contribution is -2.46. The number of aromatic nitrogens is 6. The molecule has 4 aromatic heterocycles. The zero-order valence-corrected chi connectivity index (χ0v) is 48.6. The van der Waals surface area contributed by atoms with E-state index in [-0.39, 0.29) is 24.1 Å². The van der Waals surface area contributed by atoms with Gasteiger partial charge in [0.05, 0.1) is 34.1 Å². The van der Waals surface area contributed by atoms with Gasteiger partial charge in [0.1, 0.15) is 18.1 Å². The SMILES string of the molecule is Cc1cccc(CNCCc2c[nH]c3ccccc23)c1.O=C(O)C(Cc1cnc[nH]1)N1C(=O)c2ccccc2C1=O.O=C(O)Cn1c(SCCc2ccccc2)nc2ccccc21.O=C(O)c1ccccc1SCCSc1nc2ccccc2o1. The Morgan fingerprint density at radius 1 is 0.671 bits per heavy atom. The van der Waals surface area contributed by atoms with Crippen molar-refractivity contribution in [1.29, 1.82) is 0 Å². The number of carbonyl (C=O) groups is 5. The number of hydrogen-bond acceptors (Lipinski definition) is 13. The molecule has 1 aliphatic rings. The Hall–Kier alpha value is -9.21. The number of para-hydroxylation sites is 5. The van der Waals surface area contributed by atoms with Crippen LogP contribution in [0.4, 0.5) is 0 Å². The number of imidazole rings is 2. The smallest absolute Gasteiger partial charge is 0.336 e. The van der Waals surface area contributed by atoms with E-state index in [9.17, 15) is 29.1 Å². The molecule has 432 valence electrons. The van der Waals surface area contributed by atoms with Crippen LogP contribution < -0.4 is 5.32 Å². The zero-order valence-electron chi connectivity index (χ0n) is 46.2. The van der Waals surface area contributed by atoms with E-state index in [1.54, 1.807) is 40.6 Å². The molecule has 0 fully saturated rings. The minimum Gasteiger partial charge on any atom is -0.480 e. The lowest BCUT2D eigenvalue weighted by molar-refractivity contribution is -0.141. The van der Waals surface area contributed by atoms with Crippen molar-refractivity contribution in [3.05, 3.63) is 239 Å². The molecule has 6 N–H and O–H groups in total. The van der Waals surface area contributed by atoms with E-state index < -0.39 is 35.8 Å². The Bertz CT molecular complexity index is 3990. The number of nitrogens with zero attached hydrogens (tertiary/aromatic N) is 5. The lowest BCUT2D eigenvalue weighted by Gasteiger charge is -2.21. The second-order valence-corrected chi connectivity index (χ2v) is 22.6. The van der Waals surface area contributed by atoms with Crippen molar-refractivity contribution in [2.75, 3.05) is 23.8 Å². The number of imide groups is 1. The average molecular weight is 1190 g/mol. The van der Waals surface area contributed by atoms with Crippen LogP contribution in [0.1, 0.15) is 59.0 Å². The minimum atomic E-state index is -1.27. The number of aromatic amines is 2. The summed E-state index contributed by atoms with van der Waals surface area (Å²) in [7, 11) is 0. The molecule has 2 amide bonds. The summed E-state index contributed by atoms with van der Waals surface area (Å²) in [5.74, 6) is -1.70. The van der Waals surface area contributed by atoms with E-state index in [1.807, 2.05) is 78.9 Å². The summed E-state index contributed by atoms with van der Waals surface area (Å²) >= 11 is 4.66. The minimum absolute atomic E-state index is 0.0131. The molecule has 1 unspecified atom stereocenters. The number of nitrogens with one attached hydrogen (secondary N) is 3. The second kappa shape index (κ2) is 29.9. The van der Waals surface area contributed by atoms with Crippen LogP contribution in [0.5, 0.6) is 0 Å². The molecule has 7 aromatic carbocycles. The first-order chi connectivity index (χ1) is 41.4. The number of aromatic carboxylic acids is 1. The van der Waals surface area contributed by atoms with Crippen LogP contribution in [-0.2, 0) is 41.9 Å². The molecule has 20 heteroatoms. The molecule has 1 atom stereocenters. The number of rotatable bonds is 21. The van der Waals surface area contributed by atoms with E-state index >= 15 is 0 Å². The van der Waals surface area contributed by atoms with Gasteiger partial charge >= 0.3 is 17.9 Å². The van der Waals surface area contributed by atoms with Gasteiger partial charge in [-0.3, -0.25) is 19.3 Å². The highest BCUT2D eigenvalue weighted by Crippen LogP contribution is 2.29. The summed E-state index contributed by atoms with van der Waals surface area (Å²) in [6, 6.07) is 54.8. The summed E-state index contributed by atoms with van der Waals surface area (Å²) in [4.78, 5) is 78.7. The Balaban J connectivity index is 0.000000136. The summed E-state index contributed by atoms with van der Waals surface area (Å²) in [6.07, 6.45) is 6.97. The van der Waals surface area contributed by atoms with Gasteiger partial charge in [0, 0.05) is 64.1 Å². The first-order valence-electron chi connectivity index (χ1n) is 27.2. The maximum atomic E-state index is 12.3. The van der Waals surface area contributed by atoms with E-state index in [2.05, 4.69) is 104 Å². The number of hydrogen-bond donors (Lipinski definition) is 6. The zero-order chi connectivity index (χ0) is 59.5. The van der Waals surface area contributed by atoms with Gasteiger partial charge in [-0.15, -0.1) is 11.8 Å². The number of fused-ring (bicyclic) bond motifs is 4. The molecule has 0 saturated heterocycles. The van der Waals surface area contributed by atoms with E-state index in [0.29, 0.717) is 16.5 Å². The molecule has 12 rings (SSSR count). The van der Waals surface area contributed by atoms with Crippen LogP contribution in [0.3, 0.4) is 0 Å². The Morgan fingerprint density at radius 2 is 1.35 bits per heavy atom. The van der Waals surface area contributed by atoms with Gasteiger partial charge in [0.2, 0.25) is 0 Å². The third-order valence-corrected chi connectivity index (χ3v) is 16.5. The summed E-state index contributed by atoms with van der Waals surface area (Å²) in [5.41, 5.74) is 11.3. The fraction of sp³-hybridized carbons (Fsp3) is 0.169. The standard InChI is InChI=1S/C18H20N2.C17H16N2O2S.C16H13NO3S2.C14H11N3O4/c1-14-5-4-6-15(11-14)12-19-10-9-16-13-20-18-8-3-2-7-17(16)18;20-16(21)12-19-15-9-5-4-8-14(15)18-17(19)22-11-10-13-6-2-1-3-7-13;18-15(19)11-5-1-4-8-14(11)21-9-10-22-16-17-12-6-2-3-7-13(12)20-16;18-12-9-3-1-2-4-10(9)13(19)17(12)11(14(20)21)5-8-6-15-7-16-8/h2-8,11,13,19-20H,9-10,12H2,1H3;1-9H,10-12H2,(H,20,21);1-8H,9-10H2,(H,18,19);1-4,6-7,11H,5H2,(H,15,16)(H,20,21). The van der Waals surface area contributed by atoms with Crippen molar-refractivity contribution < 1.29 is 43.7 Å². The molecule has 0 spiro atoms. The lowest BCUT2D eigenvalue weighted by atomic mass is 10.1. The van der Waals surface area contributed by atoms with Gasteiger partial charge in [-0.25, -0.2) is 24.5 Å². The average Bonchev–Trinajstić information content (AvgIpc) is 3.23. The molecule has 0 bridgehead atoms. The number of aryl methyl sites for hydroxylation is 2. The van der Waals surface area contributed by atoms with Crippen LogP contribution in [0.15, 0.2) is 214 Å². The molecule has 1 aliphatic heterocycles. The third-order valence-electron chi connectivity index (χ3n) is 13.4. The molecule has 17 nitrogen and oxygen atoms in total. The van der Waals surface area contributed by atoms with Crippen molar-refractivity contribution in [2.45, 2.75) is 60.6 Å². The van der Waals surface area contributed by atoms with E-state index in [1.165, 1.54) is 81.3 Å². The van der Waals surface area contributed by atoms with Gasteiger partial charge in [-0.05, 0) is 97.6 Å². The Kier molecular flexibility index (Phi) is 21.2. The fourth-order valence-corrected chi connectivity index (χ4v) is 12.2. The van der Waals surface area contributed by atoms with Crippen molar-refractivity contribution in [3.8, 4) is 0 Å². The van der Waals surface area contributed by atoms with Gasteiger partial charge in [0.25, 0.3) is 17.0 Å². The molecule has 0 saturated carbocycles. The predicted molar refractivity (Wildman–Crippen MR) is 333 cm³/mol. The van der Waals surface area contributed by atoms with Gasteiger partial charge in [0.15, 0.2) is 10.7 Å². The number of aliphatic carboxylic acids is 2. The monoisotopic (exact) mass is 1190 g/mol. The first kappa shape index (κ1) is 60.4. The summed E-state index contributed by atoms with van der Waals surface area (Å²) < 4.78 is 7.40. The predicted octanol–water partition coefficient (Wildman–Crippen LogP) is 12.4. The number of H-pyrrole nitrogens is 2. The summed E-state index contributed by atoms with van der Waals surface area (Å²) in [5, 5.41) is 33.9. The summed E-state index contributed by atoms with van der Waals surface area (Å²) in [6.45, 7) is 4.00. The molecule has 0 radical (unpaired) electrons. The normalized spacial score (nSPS) is 12.0. The number of carbonyl (C=O) groups excluding carboxylic acids is 2. The Labute approximate surface area is 502 Å². The van der Waals surface area contributed by atoms with Crippen molar-refractivity contribution in [2.24, 2.45) is 0 Å². The molecule has 5 heterocycles. The highest BCUT2D eigenvalue weighted by atomic mass is 32.2. The quantitative estimate of drug-likeness (QED) is 0.0222. The van der Waals surface area contributed by atoms with Gasteiger partial charge < -0.3 is 39.6 Å². The van der Waals surface area contributed by atoms with Crippen LogP contribution in [0.25, 0.3) is 33.0 Å². The van der Waals surface area contributed by atoms with Gasteiger partial charge in [-0.1, -0.05) is 150 Å². The largest absolute Gasteiger partial charge is 0.480 e. The number of thioether (sulfide) groups is 3. The molecule has 0 aliphatic carbocycles. The van der Waals surface area contributed by atoms with Crippen LogP contribution in [0, 0.1) is 6.92 Å². The van der Waals surface area contributed by atoms with Crippen LogP contribution >= 0.6 is 35.3 Å². The number of carboxylic acid groups (broad SMARTS) is 3. The molecular formula is C65H60N8O9S3. The van der Waals surface area contributed by atoms with Crippen molar-refractivity contribution in [3.63, 3.8) is 0 Å². The number of carboxylic acids is 3. The maximum Gasteiger partial charge on any atom is 0.336 e. The molecular weight excluding hydrogens is 1130 g/mol.